The van der Waals surface area contributed by atoms with Gasteiger partial charge in [0.15, 0.2) is 0 Å². The van der Waals surface area contributed by atoms with Crippen LogP contribution in [0.5, 0.6) is 0 Å². The third-order valence-electron chi connectivity index (χ3n) is 2.57. The number of nitrogens with two attached hydrogens (primary N) is 1. The Morgan fingerprint density at radius 3 is 2.67 bits per heavy atom. The minimum atomic E-state index is -0.344. The molecule has 1 aromatic carbocycles. The molecule has 0 saturated heterocycles. The van der Waals surface area contributed by atoms with E-state index in [4.69, 9.17) is 21.9 Å². The van der Waals surface area contributed by atoms with Gasteiger partial charge in [0.25, 0.3) is 5.91 Å². The van der Waals surface area contributed by atoms with E-state index in [1.165, 1.54) is 6.07 Å². The number of hydrogen-bond donors (Lipinski definition) is 2. The van der Waals surface area contributed by atoms with Crippen molar-refractivity contribution in [2.75, 3.05) is 11.1 Å². The number of anilines is 2. The predicted octanol–water partition coefficient (Wildman–Crippen LogP) is 2.78. The highest BCUT2D eigenvalue weighted by Gasteiger charge is 2.14. The number of carbonyl (C=O) groups is 1. The van der Waals surface area contributed by atoms with Gasteiger partial charge in [-0.25, -0.2) is 0 Å². The SMILES string of the molecule is Cc1noc(NC(=O)c2cc(N)cc(Cl)c2)c1C. The van der Waals surface area contributed by atoms with Gasteiger partial charge < -0.3 is 10.3 Å². The van der Waals surface area contributed by atoms with Crippen molar-refractivity contribution in [1.29, 1.82) is 0 Å². The van der Waals surface area contributed by atoms with Gasteiger partial charge in [0.2, 0.25) is 5.88 Å². The van der Waals surface area contributed by atoms with Crippen molar-refractivity contribution in [2.24, 2.45) is 0 Å². The molecule has 0 aliphatic heterocycles. The van der Waals surface area contributed by atoms with Gasteiger partial charge in [0, 0.05) is 21.8 Å². The molecule has 0 radical (unpaired) electrons. The standard InChI is InChI=1S/C12H12ClN3O2/c1-6-7(2)16-18-12(6)15-11(17)8-3-9(13)5-10(14)4-8/h3-5H,14H2,1-2H3,(H,15,17). The predicted molar refractivity (Wildman–Crippen MR) is 69.8 cm³/mol. The van der Waals surface area contributed by atoms with Crippen LogP contribution in [0.2, 0.25) is 5.02 Å². The van der Waals surface area contributed by atoms with Crippen LogP contribution in [0.15, 0.2) is 22.7 Å². The number of aromatic nitrogens is 1. The first-order valence-corrected chi connectivity index (χ1v) is 5.65. The number of amides is 1. The van der Waals surface area contributed by atoms with Gasteiger partial charge in [-0.1, -0.05) is 16.8 Å². The average molecular weight is 266 g/mol. The minimum absolute atomic E-state index is 0.330. The number of rotatable bonds is 2. The van der Waals surface area contributed by atoms with E-state index in [0.717, 1.165) is 11.3 Å². The van der Waals surface area contributed by atoms with Gasteiger partial charge in [-0.15, -0.1) is 0 Å². The second-order valence-corrected chi connectivity index (χ2v) is 4.39. The van der Waals surface area contributed by atoms with Gasteiger partial charge in [-0.2, -0.15) is 0 Å². The van der Waals surface area contributed by atoms with Crippen LogP contribution in [0.1, 0.15) is 21.6 Å². The molecule has 94 valence electrons. The fourth-order valence-electron chi connectivity index (χ4n) is 1.45. The fraction of sp³-hybridized carbons (Fsp3) is 0.167. The third kappa shape index (κ3) is 2.46. The van der Waals surface area contributed by atoms with Crippen LogP contribution in [0.4, 0.5) is 11.6 Å². The van der Waals surface area contributed by atoms with Crippen LogP contribution in [-0.2, 0) is 0 Å². The van der Waals surface area contributed by atoms with E-state index in [-0.39, 0.29) is 5.91 Å². The highest BCUT2D eigenvalue weighted by atomic mass is 35.5. The monoisotopic (exact) mass is 265 g/mol. The van der Waals surface area contributed by atoms with E-state index < -0.39 is 0 Å². The second kappa shape index (κ2) is 4.70. The molecular formula is C12H12ClN3O2. The van der Waals surface area contributed by atoms with E-state index in [1.807, 2.05) is 6.92 Å². The molecule has 0 spiro atoms. The molecular weight excluding hydrogens is 254 g/mol. The molecule has 0 saturated carbocycles. The summed E-state index contributed by atoms with van der Waals surface area (Å²) in [6.07, 6.45) is 0. The molecule has 5 nitrogen and oxygen atoms in total. The zero-order chi connectivity index (χ0) is 13.3. The highest BCUT2D eigenvalue weighted by molar-refractivity contribution is 6.31. The van der Waals surface area contributed by atoms with Crippen LogP contribution in [0.3, 0.4) is 0 Å². The van der Waals surface area contributed by atoms with Gasteiger partial charge in [0.1, 0.15) is 0 Å². The Labute approximate surface area is 109 Å². The number of nitrogen functional groups attached to an aromatic ring is 1. The van der Waals surface area contributed by atoms with E-state index in [2.05, 4.69) is 10.5 Å². The lowest BCUT2D eigenvalue weighted by Gasteiger charge is -2.04. The molecule has 0 bridgehead atoms. The number of benzene rings is 1. The molecule has 0 fully saturated rings. The number of nitrogens with one attached hydrogen (secondary N) is 1. The largest absolute Gasteiger partial charge is 0.399 e. The van der Waals surface area contributed by atoms with Crippen molar-refractivity contribution < 1.29 is 9.32 Å². The molecule has 3 N–H and O–H groups in total. The molecule has 2 rings (SSSR count). The first-order valence-electron chi connectivity index (χ1n) is 5.27. The molecule has 2 aromatic rings. The van der Waals surface area contributed by atoms with Crippen molar-refractivity contribution in [3.05, 3.63) is 40.0 Å². The molecule has 0 aliphatic carbocycles. The topological polar surface area (TPSA) is 81.2 Å². The summed E-state index contributed by atoms with van der Waals surface area (Å²) >= 11 is 5.84. The number of halogens is 1. The average Bonchev–Trinajstić information content (AvgIpc) is 2.59. The normalized spacial score (nSPS) is 10.4. The van der Waals surface area contributed by atoms with Crippen molar-refractivity contribution in [3.8, 4) is 0 Å². The molecule has 6 heteroatoms. The lowest BCUT2D eigenvalue weighted by Crippen LogP contribution is -2.12. The molecule has 18 heavy (non-hydrogen) atoms. The number of hydrogen-bond acceptors (Lipinski definition) is 4. The van der Waals surface area contributed by atoms with Crippen LogP contribution in [0, 0.1) is 13.8 Å². The summed E-state index contributed by atoms with van der Waals surface area (Å²) < 4.78 is 5.00. The first-order chi connectivity index (χ1) is 8.47. The Hall–Kier alpha value is -2.01. The smallest absolute Gasteiger partial charge is 0.258 e. The van der Waals surface area contributed by atoms with E-state index >= 15 is 0 Å². The van der Waals surface area contributed by atoms with E-state index in [9.17, 15) is 4.79 Å². The molecule has 0 atom stereocenters. The van der Waals surface area contributed by atoms with Crippen molar-refractivity contribution in [1.82, 2.24) is 5.16 Å². The number of aryl methyl sites for hydroxylation is 1. The molecule has 1 amide bonds. The van der Waals surface area contributed by atoms with E-state index in [0.29, 0.717) is 22.2 Å². The molecule has 1 heterocycles. The Balaban J connectivity index is 2.24. The van der Waals surface area contributed by atoms with Gasteiger partial charge in [0.05, 0.1) is 5.69 Å². The number of carbonyl (C=O) groups excluding carboxylic acids is 1. The maximum Gasteiger partial charge on any atom is 0.258 e. The first kappa shape index (κ1) is 12.4. The summed E-state index contributed by atoms with van der Waals surface area (Å²) in [6, 6.07) is 4.65. The fourth-order valence-corrected chi connectivity index (χ4v) is 1.69. The van der Waals surface area contributed by atoms with Gasteiger partial charge in [-0.05, 0) is 32.0 Å². The zero-order valence-corrected chi connectivity index (χ0v) is 10.7. The number of nitrogens with zero attached hydrogens (tertiary/aromatic N) is 1. The van der Waals surface area contributed by atoms with Crippen LogP contribution in [-0.4, -0.2) is 11.1 Å². The maximum absolute atomic E-state index is 12.0. The lowest BCUT2D eigenvalue weighted by molar-refractivity contribution is 0.102. The van der Waals surface area contributed by atoms with E-state index in [1.54, 1.807) is 19.1 Å². The summed E-state index contributed by atoms with van der Waals surface area (Å²) in [6.45, 7) is 3.61. The highest BCUT2D eigenvalue weighted by Crippen LogP contribution is 2.20. The van der Waals surface area contributed by atoms with Crippen LogP contribution in [0.25, 0.3) is 0 Å². The Kier molecular flexibility index (Phi) is 3.25. The summed E-state index contributed by atoms with van der Waals surface area (Å²) in [4.78, 5) is 12.0. The van der Waals surface area contributed by atoms with Crippen molar-refractivity contribution in [3.63, 3.8) is 0 Å². The Morgan fingerprint density at radius 1 is 1.39 bits per heavy atom. The molecule has 0 aliphatic rings. The Bertz CT molecular complexity index is 587. The summed E-state index contributed by atoms with van der Waals surface area (Å²) in [5.41, 5.74) is 7.94. The maximum atomic E-state index is 12.0. The van der Waals surface area contributed by atoms with Gasteiger partial charge >= 0.3 is 0 Å². The molecule has 0 unspecified atom stereocenters. The van der Waals surface area contributed by atoms with Crippen LogP contribution >= 0.6 is 11.6 Å². The zero-order valence-electron chi connectivity index (χ0n) is 9.95. The van der Waals surface area contributed by atoms with Crippen molar-refractivity contribution in [2.45, 2.75) is 13.8 Å². The third-order valence-corrected chi connectivity index (χ3v) is 2.78. The van der Waals surface area contributed by atoms with Crippen LogP contribution < -0.4 is 11.1 Å². The minimum Gasteiger partial charge on any atom is -0.399 e. The summed E-state index contributed by atoms with van der Waals surface area (Å²) in [5.74, 6) is -0.0144. The lowest BCUT2D eigenvalue weighted by atomic mass is 10.2. The Morgan fingerprint density at radius 2 is 2.11 bits per heavy atom. The quantitative estimate of drug-likeness (QED) is 0.818. The summed E-state index contributed by atoms with van der Waals surface area (Å²) in [5, 5.41) is 6.78. The molecule has 1 aromatic heterocycles. The van der Waals surface area contributed by atoms with Crippen molar-refractivity contribution >= 4 is 29.1 Å². The second-order valence-electron chi connectivity index (χ2n) is 3.95. The van der Waals surface area contributed by atoms with Gasteiger partial charge in [-0.3, -0.25) is 10.1 Å². The summed E-state index contributed by atoms with van der Waals surface area (Å²) in [7, 11) is 0.